The minimum Gasteiger partial charge on any atom is -0.206 e. The van der Waals surface area contributed by atoms with Crippen molar-refractivity contribution in [1.29, 1.82) is 0 Å². The zero-order valence-corrected chi connectivity index (χ0v) is 6.60. The van der Waals surface area contributed by atoms with Crippen LogP contribution in [0.15, 0.2) is 18.2 Å². The highest BCUT2D eigenvalue weighted by atomic mass is 19.1. The first-order chi connectivity index (χ1) is 5.29. The molecule has 0 aromatic heterocycles. The van der Waals surface area contributed by atoms with Crippen molar-refractivity contribution in [2.75, 3.05) is 0 Å². The number of hydrogen-bond donors (Lipinski definition) is 0. The first-order valence-electron chi connectivity index (χ1n) is 4.04. The van der Waals surface area contributed by atoms with Crippen LogP contribution in [0.25, 0.3) is 0 Å². The van der Waals surface area contributed by atoms with Crippen molar-refractivity contribution in [3.8, 4) is 0 Å². The molecule has 1 saturated carbocycles. The maximum Gasteiger partial charge on any atom is 0.129 e. The molecule has 0 unspecified atom stereocenters. The minimum atomic E-state index is 0.00926. The molecular formula is C10H11F. The molecule has 0 nitrogen and oxygen atoms in total. The molecule has 1 fully saturated rings. The first kappa shape index (κ1) is 6.84. The molecule has 1 aliphatic carbocycles. The second-order valence-corrected chi connectivity index (χ2v) is 3.25. The number of halogens is 1. The van der Waals surface area contributed by atoms with Crippen LogP contribution in [0.1, 0.15) is 29.9 Å². The molecule has 0 aliphatic heterocycles. The molecule has 0 saturated heterocycles. The van der Waals surface area contributed by atoms with Crippen LogP contribution in [0, 0.1) is 12.7 Å². The summed E-state index contributed by atoms with van der Waals surface area (Å²) in [6.07, 6.45) is 2.33. The maximum atomic E-state index is 13.3. The van der Waals surface area contributed by atoms with Gasteiger partial charge < -0.3 is 0 Å². The first-order valence-corrected chi connectivity index (χ1v) is 4.04. The average molecular weight is 150 g/mol. The Morgan fingerprint density at radius 3 is 2.73 bits per heavy atom. The molecule has 0 heterocycles. The van der Waals surface area contributed by atoms with E-state index in [1.165, 1.54) is 12.8 Å². The fourth-order valence-corrected chi connectivity index (χ4v) is 1.38. The second kappa shape index (κ2) is 2.33. The van der Waals surface area contributed by atoms with Crippen LogP contribution in [0.3, 0.4) is 0 Å². The van der Waals surface area contributed by atoms with Gasteiger partial charge in [0.2, 0.25) is 0 Å². The van der Waals surface area contributed by atoms with Crippen LogP contribution >= 0.6 is 0 Å². The molecule has 1 aromatic rings. The van der Waals surface area contributed by atoms with Gasteiger partial charge in [0.1, 0.15) is 5.82 Å². The van der Waals surface area contributed by atoms with Gasteiger partial charge in [-0.05, 0) is 36.8 Å². The van der Waals surface area contributed by atoms with Crippen molar-refractivity contribution in [3.05, 3.63) is 35.1 Å². The Morgan fingerprint density at radius 1 is 1.36 bits per heavy atom. The minimum absolute atomic E-state index is 0.00926. The Labute approximate surface area is 66.1 Å². The molecule has 0 spiro atoms. The predicted octanol–water partition coefficient (Wildman–Crippen LogP) is 3.01. The molecule has 0 amide bonds. The molecule has 58 valence electrons. The zero-order valence-electron chi connectivity index (χ0n) is 6.60. The van der Waals surface area contributed by atoms with Gasteiger partial charge in [-0.25, -0.2) is 4.39 Å². The SMILES string of the molecule is Cc1cccc(C2CC2)c1F. The average Bonchev–Trinajstić information content (AvgIpc) is 2.77. The van der Waals surface area contributed by atoms with E-state index in [4.69, 9.17) is 0 Å². The van der Waals surface area contributed by atoms with Crippen LogP contribution < -0.4 is 0 Å². The summed E-state index contributed by atoms with van der Waals surface area (Å²) < 4.78 is 13.3. The highest BCUT2D eigenvalue weighted by molar-refractivity contribution is 5.30. The molecule has 0 N–H and O–H groups in total. The van der Waals surface area contributed by atoms with E-state index in [-0.39, 0.29) is 5.82 Å². The third-order valence-electron chi connectivity index (χ3n) is 2.24. The van der Waals surface area contributed by atoms with Crippen molar-refractivity contribution in [3.63, 3.8) is 0 Å². The summed E-state index contributed by atoms with van der Waals surface area (Å²) in [5.74, 6) is 0.532. The van der Waals surface area contributed by atoms with E-state index < -0.39 is 0 Å². The lowest BCUT2D eigenvalue weighted by Crippen LogP contribution is -1.89. The molecule has 11 heavy (non-hydrogen) atoms. The molecular weight excluding hydrogens is 139 g/mol. The Balaban J connectivity index is 2.45. The normalized spacial score (nSPS) is 16.9. The zero-order chi connectivity index (χ0) is 7.84. The van der Waals surface area contributed by atoms with E-state index in [1.54, 1.807) is 0 Å². The van der Waals surface area contributed by atoms with Crippen molar-refractivity contribution in [2.45, 2.75) is 25.7 Å². The predicted molar refractivity (Wildman–Crippen MR) is 43.1 cm³/mol. The second-order valence-electron chi connectivity index (χ2n) is 3.25. The highest BCUT2D eigenvalue weighted by Crippen LogP contribution is 2.41. The summed E-state index contributed by atoms with van der Waals surface area (Å²) in [5, 5.41) is 0. The molecule has 1 heteroatoms. The molecule has 1 aromatic carbocycles. The molecule has 0 atom stereocenters. The Hall–Kier alpha value is -0.850. The van der Waals surface area contributed by atoms with Gasteiger partial charge in [0.15, 0.2) is 0 Å². The molecule has 0 bridgehead atoms. The lowest BCUT2D eigenvalue weighted by molar-refractivity contribution is 0.602. The smallest absolute Gasteiger partial charge is 0.129 e. The Bertz CT molecular complexity index is 274. The summed E-state index contributed by atoms with van der Waals surface area (Å²) in [6, 6.07) is 5.66. The molecule has 0 radical (unpaired) electrons. The van der Waals surface area contributed by atoms with Gasteiger partial charge in [-0.1, -0.05) is 18.2 Å². The number of aryl methyl sites for hydroxylation is 1. The topological polar surface area (TPSA) is 0 Å². The Morgan fingerprint density at radius 2 is 2.09 bits per heavy atom. The van der Waals surface area contributed by atoms with E-state index in [1.807, 2.05) is 25.1 Å². The van der Waals surface area contributed by atoms with Gasteiger partial charge >= 0.3 is 0 Å². The lowest BCUT2D eigenvalue weighted by Gasteiger charge is -2.01. The Kier molecular flexibility index (Phi) is 1.45. The van der Waals surface area contributed by atoms with Crippen LogP contribution in [0.4, 0.5) is 4.39 Å². The summed E-state index contributed by atoms with van der Waals surface area (Å²) in [5.41, 5.74) is 1.69. The number of benzene rings is 1. The van der Waals surface area contributed by atoms with Crippen molar-refractivity contribution < 1.29 is 4.39 Å². The van der Waals surface area contributed by atoms with E-state index >= 15 is 0 Å². The largest absolute Gasteiger partial charge is 0.206 e. The number of hydrogen-bond acceptors (Lipinski definition) is 0. The van der Waals surface area contributed by atoms with Gasteiger partial charge in [-0.3, -0.25) is 0 Å². The van der Waals surface area contributed by atoms with Crippen molar-refractivity contribution in [2.24, 2.45) is 0 Å². The molecule has 1 aliphatic rings. The quantitative estimate of drug-likeness (QED) is 0.577. The monoisotopic (exact) mass is 150 g/mol. The summed E-state index contributed by atoms with van der Waals surface area (Å²) >= 11 is 0. The maximum absolute atomic E-state index is 13.3. The highest BCUT2D eigenvalue weighted by Gasteiger charge is 2.26. The van der Waals surface area contributed by atoms with Gasteiger partial charge in [0, 0.05) is 0 Å². The van der Waals surface area contributed by atoms with Gasteiger partial charge in [-0.2, -0.15) is 0 Å². The molecule has 2 rings (SSSR count). The van der Waals surface area contributed by atoms with E-state index in [0.717, 1.165) is 11.1 Å². The summed E-state index contributed by atoms with van der Waals surface area (Å²) in [7, 11) is 0. The van der Waals surface area contributed by atoms with Gasteiger partial charge in [0.05, 0.1) is 0 Å². The van der Waals surface area contributed by atoms with Gasteiger partial charge in [-0.15, -0.1) is 0 Å². The lowest BCUT2D eigenvalue weighted by atomic mass is 10.1. The van der Waals surface area contributed by atoms with Gasteiger partial charge in [0.25, 0.3) is 0 Å². The van der Waals surface area contributed by atoms with Crippen molar-refractivity contribution in [1.82, 2.24) is 0 Å². The summed E-state index contributed by atoms with van der Waals surface area (Å²) in [4.78, 5) is 0. The fourth-order valence-electron chi connectivity index (χ4n) is 1.38. The third-order valence-corrected chi connectivity index (χ3v) is 2.24. The van der Waals surface area contributed by atoms with Crippen LogP contribution in [0.2, 0.25) is 0 Å². The van der Waals surface area contributed by atoms with Crippen LogP contribution in [-0.4, -0.2) is 0 Å². The standard InChI is InChI=1S/C10H11F/c1-7-3-2-4-9(10(7)11)8-5-6-8/h2-4,8H,5-6H2,1H3. The van der Waals surface area contributed by atoms with E-state index in [0.29, 0.717) is 5.92 Å². The third kappa shape index (κ3) is 1.15. The fraction of sp³-hybridized carbons (Fsp3) is 0.400. The van der Waals surface area contributed by atoms with E-state index in [9.17, 15) is 4.39 Å². The van der Waals surface area contributed by atoms with Crippen LogP contribution in [0.5, 0.6) is 0 Å². The summed E-state index contributed by atoms with van der Waals surface area (Å²) in [6.45, 7) is 1.82. The van der Waals surface area contributed by atoms with Crippen LogP contribution in [-0.2, 0) is 0 Å². The van der Waals surface area contributed by atoms with E-state index in [2.05, 4.69) is 0 Å². The van der Waals surface area contributed by atoms with Crippen molar-refractivity contribution >= 4 is 0 Å². The number of rotatable bonds is 1.